The molecule has 0 aromatic heterocycles. The van der Waals surface area contributed by atoms with Crippen LogP contribution in [0.3, 0.4) is 0 Å². The van der Waals surface area contributed by atoms with Gasteiger partial charge in [0, 0.05) is 25.6 Å². The van der Waals surface area contributed by atoms with E-state index in [1.165, 1.54) is 25.7 Å². The van der Waals surface area contributed by atoms with Crippen LogP contribution in [0, 0.1) is 5.92 Å². The van der Waals surface area contributed by atoms with Gasteiger partial charge in [-0.05, 0) is 12.8 Å². The van der Waals surface area contributed by atoms with E-state index < -0.39 is 0 Å². The van der Waals surface area contributed by atoms with Crippen LogP contribution in [-0.4, -0.2) is 54.7 Å². The molecule has 1 saturated carbocycles. The van der Waals surface area contributed by atoms with Gasteiger partial charge in [-0.2, -0.15) is 0 Å². The molecule has 2 aliphatic rings. The number of carbonyl (C=O) groups excluding carboxylic acids is 1. The zero-order valence-corrected chi connectivity index (χ0v) is 10.4. The Hall–Kier alpha value is -0.450. The summed E-state index contributed by atoms with van der Waals surface area (Å²) >= 11 is 0. The maximum Gasteiger partial charge on any atom is 0.141 e. The van der Waals surface area contributed by atoms with Crippen molar-refractivity contribution in [2.24, 2.45) is 5.92 Å². The lowest BCUT2D eigenvalue weighted by Gasteiger charge is -2.32. The Morgan fingerprint density at radius 2 is 2.12 bits per heavy atom. The van der Waals surface area contributed by atoms with Crippen molar-refractivity contribution in [3.8, 4) is 0 Å². The fraction of sp³-hybridized carbons (Fsp3) is 0.923. The fourth-order valence-corrected chi connectivity index (χ4v) is 2.95. The van der Waals surface area contributed by atoms with Gasteiger partial charge >= 0.3 is 0 Å². The molecule has 2 rings (SSSR count). The number of hydrogen-bond donors (Lipinski definition) is 1. The number of aliphatic hydroxyl groups excluding tert-OH is 1. The summed E-state index contributed by atoms with van der Waals surface area (Å²) in [7, 11) is 0. The van der Waals surface area contributed by atoms with E-state index in [4.69, 9.17) is 9.84 Å². The maximum atomic E-state index is 11.8. The van der Waals surface area contributed by atoms with E-state index in [0.29, 0.717) is 38.0 Å². The number of carbonyl (C=O) groups is 1. The molecule has 1 unspecified atom stereocenters. The molecule has 0 spiro atoms. The standard InChI is InChI=1S/C13H23NO3/c15-7-6-14(12-3-1-2-4-12)9-11-10-17-8-5-13(11)16/h11-12,15H,1-10H2. The summed E-state index contributed by atoms with van der Waals surface area (Å²) < 4.78 is 5.38. The number of hydrogen-bond acceptors (Lipinski definition) is 4. The average Bonchev–Trinajstić information content (AvgIpc) is 2.85. The highest BCUT2D eigenvalue weighted by atomic mass is 16.5. The molecule has 4 nitrogen and oxygen atoms in total. The molecule has 4 heteroatoms. The molecule has 0 radical (unpaired) electrons. The van der Waals surface area contributed by atoms with E-state index >= 15 is 0 Å². The molecule has 1 saturated heterocycles. The van der Waals surface area contributed by atoms with Crippen LogP contribution in [0.2, 0.25) is 0 Å². The van der Waals surface area contributed by atoms with E-state index in [9.17, 15) is 4.79 Å². The molecule has 17 heavy (non-hydrogen) atoms. The summed E-state index contributed by atoms with van der Waals surface area (Å²) in [5.74, 6) is 0.355. The van der Waals surface area contributed by atoms with Gasteiger partial charge in [0.1, 0.15) is 5.78 Å². The van der Waals surface area contributed by atoms with E-state index in [1.807, 2.05) is 0 Å². The molecular weight excluding hydrogens is 218 g/mol. The predicted molar refractivity (Wildman–Crippen MR) is 64.8 cm³/mol. The SMILES string of the molecule is O=C1CCOCC1CN(CCO)C1CCCC1. The first-order valence-corrected chi connectivity index (χ1v) is 6.76. The Balaban J connectivity index is 1.89. The minimum atomic E-state index is 0.0240. The third kappa shape index (κ3) is 3.50. The third-order valence-electron chi connectivity index (χ3n) is 3.95. The van der Waals surface area contributed by atoms with Gasteiger partial charge in [0.2, 0.25) is 0 Å². The second-order valence-corrected chi connectivity index (χ2v) is 5.14. The lowest BCUT2D eigenvalue weighted by molar-refractivity contribution is -0.131. The highest BCUT2D eigenvalue weighted by Gasteiger charge is 2.29. The van der Waals surface area contributed by atoms with Gasteiger partial charge in [-0.15, -0.1) is 0 Å². The monoisotopic (exact) mass is 241 g/mol. The summed E-state index contributed by atoms with van der Waals surface area (Å²) in [5, 5.41) is 9.13. The van der Waals surface area contributed by atoms with Crippen LogP contribution in [0.5, 0.6) is 0 Å². The Kier molecular flexibility index (Phi) is 4.95. The Labute approximate surface area is 103 Å². The molecular formula is C13H23NO3. The summed E-state index contributed by atoms with van der Waals surface area (Å²) in [6, 6.07) is 0.567. The van der Waals surface area contributed by atoms with Crippen molar-refractivity contribution in [2.45, 2.75) is 38.1 Å². The van der Waals surface area contributed by atoms with E-state index in [-0.39, 0.29) is 12.5 Å². The minimum Gasteiger partial charge on any atom is -0.395 e. The van der Waals surface area contributed by atoms with Crippen molar-refractivity contribution in [2.75, 3.05) is 32.9 Å². The smallest absolute Gasteiger partial charge is 0.141 e. The quantitative estimate of drug-likeness (QED) is 0.774. The van der Waals surface area contributed by atoms with Crippen LogP contribution in [0.4, 0.5) is 0 Å². The minimum absolute atomic E-state index is 0.0240. The number of nitrogens with zero attached hydrogens (tertiary/aromatic N) is 1. The average molecular weight is 241 g/mol. The van der Waals surface area contributed by atoms with E-state index in [2.05, 4.69) is 4.90 Å². The van der Waals surface area contributed by atoms with Crippen molar-refractivity contribution >= 4 is 5.78 Å². The topological polar surface area (TPSA) is 49.8 Å². The maximum absolute atomic E-state index is 11.8. The highest BCUT2D eigenvalue weighted by molar-refractivity contribution is 5.82. The van der Waals surface area contributed by atoms with E-state index in [1.54, 1.807) is 0 Å². The summed E-state index contributed by atoms with van der Waals surface area (Å²) in [6.45, 7) is 2.78. The van der Waals surface area contributed by atoms with Crippen molar-refractivity contribution in [1.82, 2.24) is 4.90 Å². The first kappa shape index (κ1) is 13.0. The number of ketones is 1. The number of ether oxygens (including phenoxy) is 1. The Morgan fingerprint density at radius 1 is 1.35 bits per heavy atom. The molecule has 1 aliphatic carbocycles. The van der Waals surface area contributed by atoms with Gasteiger partial charge in [0.25, 0.3) is 0 Å². The number of Topliss-reactive ketones (excluding diaryl/α,β-unsaturated/α-hetero) is 1. The van der Waals surface area contributed by atoms with Gasteiger partial charge in [-0.1, -0.05) is 12.8 Å². The largest absolute Gasteiger partial charge is 0.395 e. The van der Waals surface area contributed by atoms with Crippen LogP contribution < -0.4 is 0 Å². The molecule has 0 amide bonds. The van der Waals surface area contributed by atoms with Gasteiger partial charge < -0.3 is 9.84 Å². The third-order valence-corrected chi connectivity index (χ3v) is 3.95. The van der Waals surface area contributed by atoms with Gasteiger partial charge in [-0.3, -0.25) is 9.69 Å². The lowest BCUT2D eigenvalue weighted by Crippen LogP contribution is -2.43. The predicted octanol–water partition coefficient (Wildman–Crippen LogP) is 0.829. The van der Waals surface area contributed by atoms with Crippen LogP contribution in [0.15, 0.2) is 0 Å². The second-order valence-electron chi connectivity index (χ2n) is 5.14. The molecule has 98 valence electrons. The van der Waals surface area contributed by atoms with Crippen LogP contribution in [0.1, 0.15) is 32.1 Å². The Morgan fingerprint density at radius 3 is 2.76 bits per heavy atom. The van der Waals surface area contributed by atoms with Gasteiger partial charge in [-0.25, -0.2) is 0 Å². The van der Waals surface area contributed by atoms with E-state index in [0.717, 1.165) is 6.54 Å². The first-order chi connectivity index (χ1) is 8.31. The lowest BCUT2D eigenvalue weighted by atomic mass is 9.99. The molecule has 1 heterocycles. The van der Waals surface area contributed by atoms with Gasteiger partial charge in [0.15, 0.2) is 0 Å². The van der Waals surface area contributed by atoms with Crippen molar-refractivity contribution in [3.05, 3.63) is 0 Å². The zero-order valence-electron chi connectivity index (χ0n) is 10.4. The fourth-order valence-electron chi connectivity index (χ4n) is 2.95. The molecule has 0 bridgehead atoms. The van der Waals surface area contributed by atoms with Crippen molar-refractivity contribution in [1.29, 1.82) is 0 Å². The molecule has 1 N–H and O–H groups in total. The van der Waals surface area contributed by atoms with Crippen molar-refractivity contribution in [3.63, 3.8) is 0 Å². The van der Waals surface area contributed by atoms with Gasteiger partial charge in [0.05, 0.1) is 25.7 Å². The normalized spacial score (nSPS) is 26.9. The Bertz CT molecular complexity index is 251. The second kappa shape index (κ2) is 6.47. The first-order valence-electron chi connectivity index (χ1n) is 6.76. The number of aliphatic hydroxyl groups is 1. The van der Waals surface area contributed by atoms with Crippen LogP contribution in [0.25, 0.3) is 0 Å². The summed E-state index contributed by atoms with van der Waals surface area (Å²) in [4.78, 5) is 14.1. The molecule has 2 fully saturated rings. The summed E-state index contributed by atoms with van der Waals surface area (Å²) in [6.07, 6.45) is 5.54. The van der Waals surface area contributed by atoms with Crippen LogP contribution in [-0.2, 0) is 9.53 Å². The number of rotatable bonds is 5. The highest BCUT2D eigenvalue weighted by Crippen LogP contribution is 2.24. The molecule has 0 aromatic carbocycles. The van der Waals surface area contributed by atoms with Crippen LogP contribution >= 0.6 is 0 Å². The molecule has 0 aromatic rings. The van der Waals surface area contributed by atoms with Crippen molar-refractivity contribution < 1.29 is 14.6 Å². The molecule has 1 atom stereocenters. The molecule has 1 aliphatic heterocycles. The summed E-state index contributed by atoms with van der Waals surface area (Å²) in [5.41, 5.74) is 0. The zero-order chi connectivity index (χ0) is 12.1.